The first-order valence-corrected chi connectivity index (χ1v) is 13.2. The number of nitrogens with one attached hydrogen (secondary N) is 3. The second-order valence-corrected chi connectivity index (χ2v) is 10.0. The van der Waals surface area contributed by atoms with E-state index in [1.165, 1.54) is 0 Å². The second kappa shape index (κ2) is 9.82. The van der Waals surface area contributed by atoms with Gasteiger partial charge in [0, 0.05) is 41.5 Å². The Labute approximate surface area is 221 Å². The van der Waals surface area contributed by atoms with Crippen molar-refractivity contribution in [2.24, 2.45) is 0 Å². The van der Waals surface area contributed by atoms with E-state index in [-0.39, 0.29) is 23.8 Å². The number of hydrogen-bond donors (Lipinski definition) is 3. The zero-order valence-electron chi connectivity index (χ0n) is 21.2. The molecule has 0 bridgehead atoms. The van der Waals surface area contributed by atoms with Crippen LogP contribution in [0.5, 0.6) is 0 Å². The summed E-state index contributed by atoms with van der Waals surface area (Å²) < 4.78 is 0. The Morgan fingerprint density at radius 2 is 1.74 bits per heavy atom. The highest BCUT2D eigenvalue weighted by Gasteiger charge is 2.49. The average molecular weight is 507 g/mol. The Kier molecular flexibility index (Phi) is 6.19. The van der Waals surface area contributed by atoms with Gasteiger partial charge in [-0.05, 0) is 35.2 Å². The van der Waals surface area contributed by atoms with Crippen molar-refractivity contribution in [1.82, 2.24) is 20.5 Å². The van der Waals surface area contributed by atoms with Gasteiger partial charge in [-0.2, -0.15) is 0 Å². The summed E-state index contributed by atoms with van der Waals surface area (Å²) in [5, 5.41) is 7.00. The molecule has 0 saturated heterocycles. The van der Waals surface area contributed by atoms with Gasteiger partial charge in [0.05, 0.1) is 6.04 Å². The lowest BCUT2D eigenvalue weighted by Crippen LogP contribution is -2.57. The number of aromatic nitrogens is 1. The smallest absolute Gasteiger partial charge is 0.255 e. The summed E-state index contributed by atoms with van der Waals surface area (Å²) in [6.45, 7) is 2.52. The van der Waals surface area contributed by atoms with Gasteiger partial charge in [-0.25, -0.2) is 0 Å². The number of amides is 3. The predicted molar refractivity (Wildman–Crippen MR) is 146 cm³/mol. The minimum atomic E-state index is -0.751. The van der Waals surface area contributed by atoms with Crippen molar-refractivity contribution in [3.05, 3.63) is 107 Å². The number of H-pyrrole nitrogens is 1. The van der Waals surface area contributed by atoms with Gasteiger partial charge in [0.1, 0.15) is 12.1 Å². The highest BCUT2D eigenvalue weighted by molar-refractivity contribution is 6.04. The van der Waals surface area contributed by atoms with E-state index in [2.05, 4.69) is 15.6 Å². The van der Waals surface area contributed by atoms with Crippen molar-refractivity contribution in [2.45, 2.75) is 44.3 Å². The first kappa shape index (κ1) is 24.0. The van der Waals surface area contributed by atoms with Crippen LogP contribution in [0.4, 0.5) is 0 Å². The maximum Gasteiger partial charge on any atom is 0.255 e. The predicted octanol–water partition coefficient (Wildman–Crippen LogP) is 3.89. The standard InChI is InChI=1S/C31H30N4O3/c1-2-16-32-29(36)25(17-19-10-4-3-5-11-19)34-30(37)26-18-23-20-12-8-9-15-24(20)33-27(23)28-21-13-6-7-14-22(21)31(38)35(26)28/h3-15,25-26,28,33H,2,16-18H2,1H3,(H,32,36)(H,34,37)/t25-,26-,28-/m0/s1. The van der Waals surface area contributed by atoms with Crippen molar-refractivity contribution in [3.63, 3.8) is 0 Å². The lowest BCUT2D eigenvalue weighted by Gasteiger charge is -2.37. The third-order valence-corrected chi connectivity index (χ3v) is 7.62. The molecule has 0 spiro atoms. The lowest BCUT2D eigenvalue weighted by atomic mass is 9.89. The fourth-order valence-electron chi connectivity index (χ4n) is 5.84. The summed E-state index contributed by atoms with van der Waals surface area (Å²) in [6.07, 6.45) is 1.53. The number of carbonyl (C=O) groups is 3. The van der Waals surface area contributed by atoms with Crippen molar-refractivity contribution in [3.8, 4) is 0 Å². The molecule has 0 fully saturated rings. The molecule has 1 aromatic heterocycles. The zero-order valence-corrected chi connectivity index (χ0v) is 21.2. The Balaban J connectivity index is 1.37. The molecule has 7 nitrogen and oxygen atoms in total. The van der Waals surface area contributed by atoms with E-state index < -0.39 is 12.1 Å². The van der Waals surface area contributed by atoms with Gasteiger partial charge >= 0.3 is 0 Å². The maximum absolute atomic E-state index is 14.0. The summed E-state index contributed by atoms with van der Waals surface area (Å²) in [7, 11) is 0. The van der Waals surface area contributed by atoms with Crippen LogP contribution in [0.1, 0.15) is 52.1 Å². The van der Waals surface area contributed by atoms with Crippen LogP contribution in [-0.4, -0.2) is 46.2 Å². The fourth-order valence-corrected chi connectivity index (χ4v) is 5.84. The van der Waals surface area contributed by atoms with Crippen LogP contribution in [0.25, 0.3) is 10.9 Å². The van der Waals surface area contributed by atoms with Crippen LogP contribution in [0.2, 0.25) is 0 Å². The molecule has 3 aromatic carbocycles. The lowest BCUT2D eigenvalue weighted by molar-refractivity contribution is -0.132. The van der Waals surface area contributed by atoms with Crippen LogP contribution < -0.4 is 10.6 Å². The highest BCUT2D eigenvalue weighted by Crippen LogP contribution is 2.46. The van der Waals surface area contributed by atoms with Gasteiger partial charge in [0.25, 0.3) is 5.91 Å². The molecule has 38 heavy (non-hydrogen) atoms. The number of aromatic amines is 1. The second-order valence-electron chi connectivity index (χ2n) is 10.0. The molecule has 3 heterocycles. The van der Waals surface area contributed by atoms with Crippen LogP contribution >= 0.6 is 0 Å². The monoisotopic (exact) mass is 506 g/mol. The molecule has 7 heteroatoms. The molecule has 2 aliphatic rings. The van der Waals surface area contributed by atoms with Crippen molar-refractivity contribution < 1.29 is 14.4 Å². The number of rotatable bonds is 7. The van der Waals surface area contributed by atoms with E-state index in [1.54, 1.807) is 4.90 Å². The number of carbonyl (C=O) groups excluding carboxylic acids is 3. The Bertz CT molecular complexity index is 1530. The van der Waals surface area contributed by atoms with Gasteiger partial charge in [0.2, 0.25) is 11.8 Å². The maximum atomic E-state index is 14.0. The molecule has 3 atom stereocenters. The molecule has 0 unspecified atom stereocenters. The summed E-state index contributed by atoms with van der Waals surface area (Å²) in [5.41, 5.74) is 5.44. The Morgan fingerprint density at radius 3 is 2.55 bits per heavy atom. The number of hydrogen-bond acceptors (Lipinski definition) is 3. The minimum Gasteiger partial charge on any atom is -0.356 e. The SMILES string of the molecule is CCCNC(=O)[C@H](Cc1ccccc1)NC(=O)[C@@H]1Cc2c([nH]c3ccccc23)[C@@H]2c3ccccc3C(=O)N21. The van der Waals surface area contributed by atoms with E-state index in [1.807, 2.05) is 85.8 Å². The number of nitrogens with zero attached hydrogens (tertiary/aromatic N) is 1. The highest BCUT2D eigenvalue weighted by atomic mass is 16.2. The molecule has 2 aliphatic heterocycles. The molecule has 4 aromatic rings. The molecule has 3 N–H and O–H groups in total. The van der Waals surface area contributed by atoms with Gasteiger partial charge in [-0.15, -0.1) is 0 Å². The Hall–Kier alpha value is -4.39. The molecule has 0 saturated carbocycles. The first-order chi connectivity index (χ1) is 18.6. The zero-order chi connectivity index (χ0) is 26.2. The van der Waals surface area contributed by atoms with Crippen LogP contribution in [0.3, 0.4) is 0 Å². The summed E-state index contributed by atoms with van der Waals surface area (Å²) in [5.74, 6) is -0.704. The minimum absolute atomic E-state index is 0.162. The summed E-state index contributed by atoms with van der Waals surface area (Å²) >= 11 is 0. The van der Waals surface area contributed by atoms with Crippen molar-refractivity contribution in [1.29, 1.82) is 0 Å². The van der Waals surface area contributed by atoms with Crippen molar-refractivity contribution >= 4 is 28.6 Å². The largest absolute Gasteiger partial charge is 0.356 e. The summed E-state index contributed by atoms with van der Waals surface area (Å²) in [4.78, 5) is 46.0. The fraction of sp³-hybridized carbons (Fsp3) is 0.258. The van der Waals surface area contributed by atoms with Crippen LogP contribution in [-0.2, 0) is 22.4 Å². The summed E-state index contributed by atoms with van der Waals surface area (Å²) in [6, 6.07) is 23.4. The average Bonchev–Trinajstić information content (AvgIpc) is 3.47. The quantitative estimate of drug-likeness (QED) is 0.355. The molecular formula is C31H30N4O3. The molecule has 192 valence electrons. The molecule has 3 amide bonds. The molecular weight excluding hydrogens is 476 g/mol. The van der Waals surface area contributed by atoms with Gasteiger partial charge < -0.3 is 20.5 Å². The van der Waals surface area contributed by atoms with Crippen LogP contribution in [0, 0.1) is 0 Å². The first-order valence-electron chi connectivity index (χ1n) is 13.2. The molecule has 0 radical (unpaired) electrons. The van der Waals surface area contributed by atoms with E-state index in [9.17, 15) is 14.4 Å². The number of benzene rings is 3. The Morgan fingerprint density at radius 1 is 1.00 bits per heavy atom. The molecule has 0 aliphatic carbocycles. The van der Waals surface area contributed by atoms with Gasteiger partial charge in [0.15, 0.2) is 0 Å². The van der Waals surface area contributed by atoms with E-state index in [4.69, 9.17) is 0 Å². The third kappa shape index (κ3) is 4.04. The van der Waals surface area contributed by atoms with Gasteiger partial charge in [-0.3, -0.25) is 14.4 Å². The topological polar surface area (TPSA) is 94.3 Å². The normalized spacial score (nSPS) is 18.4. The van der Waals surface area contributed by atoms with Gasteiger partial charge in [-0.1, -0.05) is 73.7 Å². The number of fused-ring (bicyclic) bond motifs is 7. The van der Waals surface area contributed by atoms with E-state index >= 15 is 0 Å². The van der Waals surface area contributed by atoms with E-state index in [0.717, 1.165) is 39.7 Å². The van der Waals surface area contributed by atoms with E-state index in [0.29, 0.717) is 24.9 Å². The van der Waals surface area contributed by atoms with Crippen molar-refractivity contribution in [2.75, 3.05) is 6.54 Å². The van der Waals surface area contributed by atoms with Crippen LogP contribution in [0.15, 0.2) is 78.9 Å². The third-order valence-electron chi connectivity index (χ3n) is 7.62. The molecule has 6 rings (SSSR count). The number of para-hydroxylation sites is 1.